The maximum Gasteiger partial charge on any atom is 0.344 e. The second kappa shape index (κ2) is 5.40. The van der Waals surface area contributed by atoms with Crippen molar-refractivity contribution < 1.29 is 9.63 Å². The molecule has 0 bridgehead atoms. The Morgan fingerprint density at radius 1 is 1.50 bits per heavy atom. The van der Waals surface area contributed by atoms with E-state index in [0.29, 0.717) is 19.4 Å². The van der Waals surface area contributed by atoms with Crippen molar-refractivity contribution in [3.05, 3.63) is 0 Å². The zero-order valence-corrected chi connectivity index (χ0v) is 8.19. The highest BCUT2D eigenvalue weighted by atomic mass is 16.7. The Morgan fingerprint density at radius 2 is 2.07 bits per heavy atom. The van der Waals surface area contributed by atoms with E-state index in [-0.39, 0.29) is 5.96 Å². The largest absolute Gasteiger partial charge is 0.372 e. The highest BCUT2D eigenvalue weighted by molar-refractivity contribution is 5.79. The molecule has 0 spiro atoms. The van der Waals surface area contributed by atoms with Gasteiger partial charge in [0.15, 0.2) is 5.96 Å². The number of aliphatic imine (C=N–C) groups is 1. The van der Waals surface area contributed by atoms with Gasteiger partial charge in [0, 0.05) is 6.54 Å². The van der Waals surface area contributed by atoms with Crippen LogP contribution in [0.2, 0.25) is 0 Å². The van der Waals surface area contributed by atoms with E-state index in [9.17, 15) is 4.79 Å². The normalized spacial score (nSPS) is 14.2. The summed E-state index contributed by atoms with van der Waals surface area (Å²) in [6, 6.07) is 0. The SMILES string of the molecule is C[C@](N)(CCCN=C(N)N)C(=O)ON. The van der Waals surface area contributed by atoms with E-state index in [0.717, 1.165) is 0 Å². The summed E-state index contributed by atoms with van der Waals surface area (Å²) in [6.45, 7) is 1.96. The van der Waals surface area contributed by atoms with E-state index in [1.807, 2.05) is 0 Å². The highest BCUT2D eigenvalue weighted by Crippen LogP contribution is 2.09. The van der Waals surface area contributed by atoms with Crippen LogP contribution in [0.5, 0.6) is 0 Å². The van der Waals surface area contributed by atoms with Gasteiger partial charge in [-0.25, -0.2) is 4.79 Å². The summed E-state index contributed by atoms with van der Waals surface area (Å²) < 4.78 is 0. The van der Waals surface area contributed by atoms with Gasteiger partial charge in [-0.15, -0.1) is 0 Å². The Balaban J connectivity index is 3.88. The Labute approximate surface area is 82.4 Å². The predicted octanol–water partition coefficient (Wildman–Crippen LogP) is -1.83. The Kier molecular flexibility index (Phi) is 4.89. The number of rotatable bonds is 5. The molecule has 0 aliphatic carbocycles. The highest BCUT2D eigenvalue weighted by Gasteiger charge is 2.29. The zero-order valence-electron chi connectivity index (χ0n) is 8.19. The maximum atomic E-state index is 11.0. The fraction of sp³-hybridized carbons (Fsp3) is 0.714. The molecule has 0 fully saturated rings. The van der Waals surface area contributed by atoms with Crippen molar-refractivity contribution in [2.24, 2.45) is 28.1 Å². The molecule has 1 atom stereocenters. The molecule has 7 nitrogen and oxygen atoms in total. The lowest BCUT2D eigenvalue weighted by Crippen LogP contribution is -2.47. The number of carbonyl (C=O) groups excluding carboxylic acids is 1. The summed E-state index contributed by atoms with van der Waals surface area (Å²) >= 11 is 0. The lowest BCUT2D eigenvalue weighted by atomic mass is 9.98. The number of guanidine groups is 1. The first kappa shape index (κ1) is 12.7. The molecule has 0 saturated carbocycles. The van der Waals surface area contributed by atoms with Crippen LogP contribution in [-0.2, 0) is 9.63 Å². The number of nitrogens with two attached hydrogens (primary N) is 4. The summed E-state index contributed by atoms with van der Waals surface area (Å²) in [5, 5.41) is 0. The van der Waals surface area contributed by atoms with Crippen molar-refractivity contribution >= 4 is 11.9 Å². The Hall–Kier alpha value is -1.34. The first-order valence-electron chi connectivity index (χ1n) is 4.15. The minimum Gasteiger partial charge on any atom is -0.372 e. The van der Waals surface area contributed by atoms with Crippen LogP contribution in [0.25, 0.3) is 0 Å². The van der Waals surface area contributed by atoms with Crippen LogP contribution in [0.4, 0.5) is 0 Å². The number of hydrogen-bond donors (Lipinski definition) is 4. The standard InChI is InChI=1S/C7H17N5O2/c1-7(10,5(13)14-11)3-2-4-12-6(8)9/h2-4,10-11H2,1H3,(H4,8,9,12)/t7-/m0/s1. The lowest BCUT2D eigenvalue weighted by molar-refractivity contribution is -0.150. The molecular weight excluding hydrogens is 186 g/mol. The van der Waals surface area contributed by atoms with Gasteiger partial charge in [0.25, 0.3) is 0 Å². The fourth-order valence-corrected chi connectivity index (χ4v) is 0.891. The molecule has 0 aromatic rings. The Morgan fingerprint density at radius 3 is 2.50 bits per heavy atom. The minimum atomic E-state index is -1.09. The molecule has 0 unspecified atom stereocenters. The van der Waals surface area contributed by atoms with Gasteiger partial charge >= 0.3 is 5.97 Å². The van der Waals surface area contributed by atoms with E-state index in [1.165, 1.54) is 6.92 Å². The van der Waals surface area contributed by atoms with Gasteiger partial charge in [0.1, 0.15) is 5.54 Å². The van der Waals surface area contributed by atoms with Gasteiger partial charge in [-0.1, -0.05) is 0 Å². The third-order valence-electron chi connectivity index (χ3n) is 1.72. The average molecular weight is 203 g/mol. The molecule has 0 saturated heterocycles. The van der Waals surface area contributed by atoms with Crippen molar-refractivity contribution in [3.63, 3.8) is 0 Å². The van der Waals surface area contributed by atoms with Crippen LogP contribution in [0.15, 0.2) is 4.99 Å². The molecule has 0 amide bonds. The molecule has 14 heavy (non-hydrogen) atoms. The molecule has 0 aliphatic rings. The number of nitrogens with zero attached hydrogens (tertiary/aromatic N) is 1. The van der Waals surface area contributed by atoms with Crippen LogP contribution in [0.3, 0.4) is 0 Å². The summed E-state index contributed by atoms with van der Waals surface area (Å²) in [7, 11) is 0. The maximum absolute atomic E-state index is 11.0. The third-order valence-corrected chi connectivity index (χ3v) is 1.72. The summed E-state index contributed by atoms with van der Waals surface area (Å²) in [5.74, 6) is 4.08. The molecule has 0 aromatic carbocycles. The molecule has 0 rings (SSSR count). The van der Waals surface area contributed by atoms with E-state index >= 15 is 0 Å². The third kappa shape index (κ3) is 4.63. The van der Waals surface area contributed by atoms with E-state index in [2.05, 4.69) is 9.83 Å². The lowest BCUT2D eigenvalue weighted by Gasteiger charge is -2.19. The minimum absolute atomic E-state index is 0.0186. The fourth-order valence-electron chi connectivity index (χ4n) is 0.891. The molecule has 0 aromatic heterocycles. The first-order chi connectivity index (χ1) is 6.40. The number of hydrogen-bond acceptors (Lipinski definition) is 5. The predicted molar refractivity (Wildman–Crippen MR) is 52.8 cm³/mol. The molecule has 82 valence electrons. The number of carbonyl (C=O) groups is 1. The molecular formula is C7H17N5O2. The summed E-state index contributed by atoms with van der Waals surface area (Å²) in [6.07, 6.45) is 0.986. The van der Waals surface area contributed by atoms with Gasteiger partial charge in [0.2, 0.25) is 0 Å². The zero-order chi connectivity index (χ0) is 11.2. The average Bonchev–Trinajstić information content (AvgIpc) is 2.10. The van der Waals surface area contributed by atoms with Gasteiger partial charge in [-0.05, 0) is 19.8 Å². The van der Waals surface area contributed by atoms with E-state index in [1.54, 1.807) is 0 Å². The van der Waals surface area contributed by atoms with Crippen molar-refractivity contribution in [1.29, 1.82) is 0 Å². The Bertz CT molecular complexity index is 222. The topological polar surface area (TPSA) is 143 Å². The second-order valence-corrected chi connectivity index (χ2v) is 3.23. The quantitative estimate of drug-likeness (QED) is 0.179. The van der Waals surface area contributed by atoms with E-state index < -0.39 is 11.5 Å². The van der Waals surface area contributed by atoms with Crippen LogP contribution < -0.4 is 23.1 Å². The monoisotopic (exact) mass is 203 g/mol. The van der Waals surface area contributed by atoms with Crippen LogP contribution >= 0.6 is 0 Å². The molecule has 0 radical (unpaired) electrons. The van der Waals surface area contributed by atoms with Gasteiger partial charge in [0.05, 0.1) is 0 Å². The summed E-state index contributed by atoms with van der Waals surface area (Å²) in [4.78, 5) is 18.8. The van der Waals surface area contributed by atoms with Crippen LogP contribution in [0, 0.1) is 0 Å². The van der Waals surface area contributed by atoms with E-state index in [4.69, 9.17) is 23.1 Å². The molecule has 8 N–H and O–H groups in total. The van der Waals surface area contributed by atoms with Crippen LogP contribution in [-0.4, -0.2) is 24.0 Å². The van der Waals surface area contributed by atoms with Gasteiger partial charge in [-0.2, -0.15) is 5.90 Å². The summed E-state index contributed by atoms with van der Waals surface area (Å²) in [5.41, 5.74) is 14.8. The molecule has 0 aliphatic heterocycles. The van der Waals surface area contributed by atoms with Crippen molar-refractivity contribution in [2.75, 3.05) is 6.54 Å². The second-order valence-electron chi connectivity index (χ2n) is 3.23. The molecule has 0 heterocycles. The van der Waals surface area contributed by atoms with Crippen molar-refractivity contribution in [2.45, 2.75) is 25.3 Å². The smallest absolute Gasteiger partial charge is 0.344 e. The van der Waals surface area contributed by atoms with Crippen molar-refractivity contribution in [3.8, 4) is 0 Å². The van der Waals surface area contributed by atoms with Crippen LogP contribution in [0.1, 0.15) is 19.8 Å². The molecule has 7 heteroatoms. The van der Waals surface area contributed by atoms with Crippen molar-refractivity contribution in [1.82, 2.24) is 0 Å². The van der Waals surface area contributed by atoms with Gasteiger partial charge < -0.3 is 22.0 Å². The first-order valence-corrected chi connectivity index (χ1v) is 4.15. The van der Waals surface area contributed by atoms with Gasteiger partial charge in [-0.3, -0.25) is 4.99 Å².